The molecule has 0 aliphatic heterocycles. The Kier molecular flexibility index (Phi) is 2.23. The zero-order chi connectivity index (χ0) is 12.9. The van der Waals surface area contributed by atoms with Gasteiger partial charge in [0, 0.05) is 17.6 Å². The molecule has 1 aliphatic carbocycles. The SMILES string of the molecule is O=C(O)c1cn(C2CC2)c2c(F)cccc2c1=O. The molecule has 0 spiro atoms. The van der Waals surface area contributed by atoms with Gasteiger partial charge in [-0.25, -0.2) is 9.18 Å². The van der Waals surface area contributed by atoms with Gasteiger partial charge in [0.05, 0.1) is 5.52 Å². The molecule has 3 rings (SSSR count). The average molecular weight is 247 g/mol. The van der Waals surface area contributed by atoms with Crippen LogP contribution in [-0.2, 0) is 0 Å². The van der Waals surface area contributed by atoms with E-state index in [-0.39, 0.29) is 22.5 Å². The molecule has 92 valence electrons. The van der Waals surface area contributed by atoms with Gasteiger partial charge in [0.2, 0.25) is 5.43 Å². The zero-order valence-electron chi connectivity index (χ0n) is 9.39. The quantitative estimate of drug-likeness (QED) is 0.884. The first kappa shape index (κ1) is 11.0. The van der Waals surface area contributed by atoms with E-state index in [9.17, 15) is 14.0 Å². The number of hydrogen-bond acceptors (Lipinski definition) is 2. The molecule has 4 nitrogen and oxygen atoms in total. The van der Waals surface area contributed by atoms with Crippen molar-refractivity contribution in [2.45, 2.75) is 18.9 Å². The molecule has 0 unspecified atom stereocenters. The van der Waals surface area contributed by atoms with Crippen LogP contribution in [0.25, 0.3) is 10.9 Å². The first-order valence-electron chi connectivity index (χ1n) is 5.66. The molecule has 0 radical (unpaired) electrons. The molecule has 1 aliphatic rings. The molecule has 1 aromatic heterocycles. The molecule has 1 heterocycles. The Balaban J connectivity index is 2.47. The predicted molar refractivity (Wildman–Crippen MR) is 63.4 cm³/mol. The van der Waals surface area contributed by atoms with Crippen LogP contribution in [0.3, 0.4) is 0 Å². The summed E-state index contributed by atoms with van der Waals surface area (Å²) in [5.74, 6) is -1.77. The minimum Gasteiger partial charge on any atom is -0.477 e. The Morgan fingerprint density at radius 1 is 1.39 bits per heavy atom. The third kappa shape index (κ3) is 1.51. The van der Waals surface area contributed by atoms with Crippen molar-refractivity contribution in [2.75, 3.05) is 0 Å². The Labute approximate surface area is 101 Å². The van der Waals surface area contributed by atoms with E-state index in [1.54, 1.807) is 4.57 Å². The van der Waals surface area contributed by atoms with Crippen molar-refractivity contribution in [2.24, 2.45) is 0 Å². The lowest BCUT2D eigenvalue weighted by Gasteiger charge is -2.11. The molecule has 1 aromatic carbocycles. The number of aromatic carboxylic acids is 1. The van der Waals surface area contributed by atoms with Gasteiger partial charge in [0.25, 0.3) is 0 Å². The molecule has 0 atom stereocenters. The third-order valence-corrected chi connectivity index (χ3v) is 3.17. The summed E-state index contributed by atoms with van der Waals surface area (Å²) in [5.41, 5.74) is -0.732. The summed E-state index contributed by atoms with van der Waals surface area (Å²) in [6.07, 6.45) is 3.02. The first-order valence-corrected chi connectivity index (χ1v) is 5.66. The fourth-order valence-electron chi connectivity index (χ4n) is 2.16. The Morgan fingerprint density at radius 3 is 2.72 bits per heavy atom. The topological polar surface area (TPSA) is 59.3 Å². The van der Waals surface area contributed by atoms with E-state index in [0.717, 1.165) is 12.8 Å². The number of para-hydroxylation sites is 1. The normalized spacial score (nSPS) is 14.9. The molecule has 18 heavy (non-hydrogen) atoms. The number of aromatic nitrogens is 1. The molecular weight excluding hydrogens is 237 g/mol. The van der Waals surface area contributed by atoms with Crippen LogP contribution in [-0.4, -0.2) is 15.6 Å². The molecule has 1 saturated carbocycles. The summed E-state index contributed by atoms with van der Waals surface area (Å²) >= 11 is 0. The summed E-state index contributed by atoms with van der Waals surface area (Å²) in [4.78, 5) is 23.0. The van der Waals surface area contributed by atoms with Crippen LogP contribution < -0.4 is 5.43 Å². The maximum Gasteiger partial charge on any atom is 0.341 e. The van der Waals surface area contributed by atoms with Gasteiger partial charge in [-0.1, -0.05) is 6.07 Å². The number of benzene rings is 1. The average Bonchev–Trinajstić information content (AvgIpc) is 3.14. The summed E-state index contributed by atoms with van der Waals surface area (Å²) in [6.45, 7) is 0. The Hall–Kier alpha value is -2.17. The number of hydrogen-bond donors (Lipinski definition) is 1. The Bertz CT molecular complexity index is 716. The fourth-order valence-corrected chi connectivity index (χ4v) is 2.16. The van der Waals surface area contributed by atoms with Crippen LogP contribution in [0.4, 0.5) is 4.39 Å². The van der Waals surface area contributed by atoms with E-state index in [0.29, 0.717) is 0 Å². The van der Waals surface area contributed by atoms with Gasteiger partial charge in [-0.05, 0) is 25.0 Å². The maximum atomic E-state index is 13.8. The summed E-state index contributed by atoms with van der Waals surface area (Å²) in [5, 5.41) is 9.14. The number of pyridine rings is 1. The highest BCUT2D eigenvalue weighted by atomic mass is 19.1. The van der Waals surface area contributed by atoms with Crippen molar-refractivity contribution in [3.63, 3.8) is 0 Å². The summed E-state index contributed by atoms with van der Waals surface area (Å²) in [6, 6.07) is 4.26. The number of carbonyl (C=O) groups is 1. The van der Waals surface area contributed by atoms with Gasteiger partial charge in [0.15, 0.2) is 0 Å². The molecule has 5 heteroatoms. The highest BCUT2D eigenvalue weighted by molar-refractivity contribution is 5.92. The lowest BCUT2D eigenvalue weighted by molar-refractivity contribution is 0.0695. The van der Waals surface area contributed by atoms with Crippen LogP contribution in [0.2, 0.25) is 0 Å². The molecule has 1 fully saturated rings. The van der Waals surface area contributed by atoms with E-state index < -0.39 is 17.2 Å². The smallest absolute Gasteiger partial charge is 0.341 e. The molecule has 0 bridgehead atoms. The molecule has 2 aromatic rings. The number of carboxylic acids is 1. The molecule has 1 N–H and O–H groups in total. The highest BCUT2D eigenvalue weighted by Gasteiger charge is 2.27. The second-order valence-corrected chi connectivity index (χ2v) is 4.45. The number of halogens is 1. The van der Waals surface area contributed by atoms with E-state index in [1.165, 1.54) is 24.4 Å². The maximum absolute atomic E-state index is 13.8. The van der Waals surface area contributed by atoms with Gasteiger partial charge in [0.1, 0.15) is 11.4 Å². The van der Waals surface area contributed by atoms with Crippen LogP contribution in [0.1, 0.15) is 29.2 Å². The molecule has 0 saturated heterocycles. The molecule has 0 amide bonds. The standard InChI is InChI=1S/C13H10FNO3/c14-10-3-1-2-8-11(10)15(7-4-5-7)6-9(12(8)16)13(17)18/h1-3,6-7H,4-5H2,(H,17,18). The van der Waals surface area contributed by atoms with E-state index in [1.807, 2.05) is 0 Å². The minimum atomic E-state index is -1.28. The highest BCUT2D eigenvalue weighted by Crippen LogP contribution is 2.37. The van der Waals surface area contributed by atoms with Gasteiger partial charge in [-0.15, -0.1) is 0 Å². The second kappa shape index (κ2) is 3.66. The number of rotatable bonds is 2. The first-order chi connectivity index (χ1) is 8.59. The van der Waals surface area contributed by atoms with Crippen molar-refractivity contribution >= 4 is 16.9 Å². The second-order valence-electron chi connectivity index (χ2n) is 4.45. The van der Waals surface area contributed by atoms with Crippen LogP contribution in [0, 0.1) is 5.82 Å². The van der Waals surface area contributed by atoms with Gasteiger partial charge < -0.3 is 9.67 Å². The van der Waals surface area contributed by atoms with E-state index in [4.69, 9.17) is 5.11 Å². The lowest BCUT2D eigenvalue weighted by Crippen LogP contribution is -2.19. The van der Waals surface area contributed by atoms with Gasteiger partial charge in [-0.2, -0.15) is 0 Å². The summed E-state index contributed by atoms with van der Waals surface area (Å²) < 4.78 is 15.4. The van der Waals surface area contributed by atoms with Crippen molar-refractivity contribution in [1.29, 1.82) is 0 Å². The van der Waals surface area contributed by atoms with Crippen molar-refractivity contribution < 1.29 is 14.3 Å². The van der Waals surface area contributed by atoms with E-state index >= 15 is 0 Å². The van der Waals surface area contributed by atoms with Gasteiger partial charge in [-0.3, -0.25) is 4.79 Å². The van der Waals surface area contributed by atoms with Crippen molar-refractivity contribution in [1.82, 2.24) is 4.57 Å². The van der Waals surface area contributed by atoms with Gasteiger partial charge >= 0.3 is 5.97 Å². The number of carboxylic acid groups (broad SMARTS) is 1. The van der Waals surface area contributed by atoms with E-state index in [2.05, 4.69) is 0 Å². The minimum absolute atomic E-state index is 0.100. The third-order valence-electron chi connectivity index (χ3n) is 3.17. The van der Waals surface area contributed by atoms with Crippen LogP contribution in [0.15, 0.2) is 29.2 Å². The molecular formula is C13H10FNO3. The fraction of sp³-hybridized carbons (Fsp3) is 0.231. The van der Waals surface area contributed by atoms with Crippen LogP contribution in [0.5, 0.6) is 0 Å². The van der Waals surface area contributed by atoms with Crippen LogP contribution >= 0.6 is 0 Å². The van der Waals surface area contributed by atoms with Crippen molar-refractivity contribution in [3.8, 4) is 0 Å². The zero-order valence-corrected chi connectivity index (χ0v) is 9.39. The number of fused-ring (bicyclic) bond motifs is 1. The predicted octanol–water partition coefficient (Wildman–Crippen LogP) is 2.17. The van der Waals surface area contributed by atoms with Crippen molar-refractivity contribution in [3.05, 3.63) is 46.0 Å². The largest absolute Gasteiger partial charge is 0.477 e. The number of nitrogens with zero attached hydrogens (tertiary/aromatic N) is 1. The summed E-state index contributed by atoms with van der Waals surface area (Å²) in [7, 11) is 0. The Morgan fingerprint density at radius 2 is 2.11 bits per heavy atom. The lowest BCUT2D eigenvalue weighted by atomic mass is 10.1. The monoisotopic (exact) mass is 247 g/mol.